The second-order valence-corrected chi connectivity index (χ2v) is 2.19. The van der Waals surface area contributed by atoms with E-state index in [1.165, 1.54) is 25.3 Å². The average molecular weight is 180 g/mol. The number of esters is 1. The molecule has 0 saturated carbocycles. The number of nitro groups is 1. The highest BCUT2D eigenvalue weighted by molar-refractivity contribution is 5.93. The predicted octanol–water partition coefficient (Wildman–Crippen LogP) is 1.18. The van der Waals surface area contributed by atoms with Crippen LogP contribution in [0.25, 0.3) is 0 Å². The van der Waals surface area contributed by atoms with E-state index in [1.807, 2.05) is 0 Å². The lowest BCUT2D eigenvalue weighted by atomic mass is 10.2. The molecular weight excluding hydrogens is 174 g/mol. The summed E-state index contributed by atoms with van der Waals surface area (Å²) in [6, 6.07) is 6.36. The highest BCUT2D eigenvalue weighted by Crippen LogP contribution is 2.17. The molecule has 5 heteroatoms. The predicted molar refractivity (Wildman–Crippen MR) is 43.3 cm³/mol. The van der Waals surface area contributed by atoms with E-state index in [0.717, 1.165) is 0 Å². The summed E-state index contributed by atoms with van der Waals surface area (Å²) in [5.74, 6) is -0.733. The van der Waals surface area contributed by atoms with Crippen molar-refractivity contribution in [1.29, 1.82) is 0 Å². The van der Waals surface area contributed by atoms with Gasteiger partial charge in [0.2, 0.25) is 0 Å². The molecular formula is C8H6NO4. The van der Waals surface area contributed by atoms with E-state index in [0.29, 0.717) is 0 Å². The average Bonchev–Trinajstić information content (AvgIpc) is 2.16. The van der Waals surface area contributed by atoms with Crippen molar-refractivity contribution in [3.05, 3.63) is 39.9 Å². The summed E-state index contributed by atoms with van der Waals surface area (Å²) in [5, 5.41) is 10.4. The van der Waals surface area contributed by atoms with Gasteiger partial charge in [-0.1, -0.05) is 0 Å². The number of nitro benzene ring substituents is 1. The molecule has 1 aromatic rings. The van der Waals surface area contributed by atoms with Crippen molar-refractivity contribution in [2.45, 2.75) is 0 Å². The van der Waals surface area contributed by atoms with Crippen LogP contribution < -0.4 is 0 Å². The minimum atomic E-state index is -0.733. The van der Waals surface area contributed by atoms with Crippen molar-refractivity contribution in [1.82, 2.24) is 0 Å². The van der Waals surface area contributed by atoms with Crippen LogP contribution in [-0.2, 0) is 4.74 Å². The quantitative estimate of drug-likeness (QED) is 0.389. The smallest absolute Gasteiger partial charge is 0.344 e. The van der Waals surface area contributed by atoms with Crippen molar-refractivity contribution in [3.8, 4) is 0 Å². The Kier molecular flexibility index (Phi) is 2.59. The van der Waals surface area contributed by atoms with E-state index in [-0.39, 0.29) is 11.3 Å². The van der Waals surface area contributed by atoms with Crippen LogP contribution in [-0.4, -0.2) is 18.0 Å². The Morgan fingerprint density at radius 3 is 2.92 bits per heavy atom. The van der Waals surface area contributed by atoms with E-state index < -0.39 is 10.9 Å². The summed E-state index contributed by atoms with van der Waals surface area (Å²) in [6.07, 6.45) is 0. The lowest BCUT2D eigenvalue weighted by molar-refractivity contribution is -0.385. The number of methoxy groups -OCH3 is 1. The monoisotopic (exact) mass is 180 g/mol. The van der Waals surface area contributed by atoms with Crippen molar-refractivity contribution >= 4 is 11.7 Å². The van der Waals surface area contributed by atoms with Crippen LogP contribution in [0.1, 0.15) is 10.4 Å². The van der Waals surface area contributed by atoms with Gasteiger partial charge in [-0.2, -0.15) is 0 Å². The molecule has 1 rings (SSSR count). The molecule has 1 aromatic carbocycles. The molecule has 5 nitrogen and oxygen atoms in total. The largest absolute Gasteiger partial charge is 0.465 e. The molecule has 13 heavy (non-hydrogen) atoms. The van der Waals surface area contributed by atoms with E-state index in [2.05, 4.69) is 10.8 Å². The molecule has 0 unspecified atom stereocenters. The molecule has 0 fully saturated rings. The number of carbonyl (C=O) groups is 1. The van der Waals surface area contributed by atoms with E-state index in [1.54, 1.807) is 0 Å². The van der Waals surface area contributed by atoms with Gasteiger partial charge in [0.15, 0.2) is 0 Å². The SMILES string of the molecule is COC(=O)c1c[c]ccc1[N+](=O)[O-]. The number of hydrogen-bond acceptors (Lipinski definition) is 4. The molecule has 0 amide bonds. The Morgan fingerprint density at radius 2 is 2.38 bits per heavy atom. The third-order valence-electron chi connectivity index (χ3n) is 1.44. The van der Waals surface area contributed by atoms with Crippen LogP contribution in [0.4, 0.5) is 5.69 Å². The first-order valence-electron chi connectivity index (χ1n) is 3.39. The lowest BCUT2D eigenvalue weighted by Crippen LogP contribution is -2.05. The topological polar surface area (TPSA) is 69.4 Å². The first-order chi connectivity index (χ1) is 6.16. The van der Waals surface area contributed by atoms with Crippen molar-refractivity contribution in [2.24, 2.45) is 0 Å². The van der Waals surface area contributed by atoms with Gasteiger partial charge in [-0.05, 0) is 18.2 Å². The van der Waals surface area contributed by atoms with Crippen LogP contribution in [0.3, 0.4) is 0 Å². The lowest BCUT2D eigenvalue weighted by Gasteiger charge is -1.98. The zero-order chi connectivity index (χ0) is 9.84. The Bertz CT molecular complexity index is 348. The molecule has 0 bridgehead atoms. The van der Waals surface area contributed by atoms with E-state index in [4.69, 9.17) is 0 Å². The van der Waals surface area contributed by atoms with Gasteiger partial charge in [0.1, 0.15) is 5.56 Å². The van der Waals surface area contributed by atoms with Crippen molar-refractivity contribution in [3.63, 3.8) is 0 Å². The Balaban J connectivity index is 3.19. The second kappa shape index (κ2) is 3.66. The fraction of sp³-hybridized carbons (Fsp3) is 0.125. The normalized spacial score (nSPS) is 9.31. The maximum Gasteiger partial charge on any atom is 0.344 e. The number of benzene rings is 1. The standard InChI is InChI=1S/C8H6NO4/c1-13-8(10)6-4-2-3-5-7(6)9(11)12/h3-5H,1H3. The number of carbonyl (C=O) groups excluding carboxylic acids is 1. The van der Waals surface area contributed by atoms with Crippen LogP contribution in [0, 0.1) is 16.2 Å². The summed E-state index contributed by atoms with van der Waals surface area (Å²) in [4.78, 5) is 20.8. The van der Waals surface area contributed by atoms with Crippen molar-refractivity contribution in [2.75, 3.05) is 7.11 Å². The summed E-state index contributed by atoms with van der Waals surface area (Å²) in [6.45, 7) is 0. The van der Waals surface area contributed by atoms with Gasteiger partial charge >= 0.3 is 5.97 Å². The summed E-state index contributed by atoms with van der Waals surface area (Å²) in [5.41, 5.74) is -0.361. The van der Waals surface area contributed by atoms with Gasteiger partial charge in [0.25, 0.3) is 5.69 Å². The second-order valence-electron chi connectivity index (χ2n) is 2.19. The van der Waals surface area contributed by atoms with Crippen LogP contribution in [0.2, 0.25) is 0 Å². The maximum atomic E-state index is 11.0. The highest BCUT2D eigenvalue weighted by atomic mass is 16.6. The van der Waals surface area contributed by atoms with Crippen LogP contribution in [0.15, 0.2) is 18.2 Å². The Labute approximate surface area is 74.1 Å². The molecule has 0 N–H and O–H groups in total. The minimum absolute atomic E-state index is 0.0880. The summed E-state index contributed by atoms with van der Waals surface area (Å²) in [7, 11) is 1.17. The number of rotatable bonds is 2. The fourth-order valence-corrected chi connectivity index (χ4v) is 0.855. The molecule has 0 aliphatic heterocycles. The molecule has 0 aliphatic rings. The van der Waals surface area contributed by atoms with Gasteiger partial charge < -0.3 is 4.74 Å². The molecule has 0 aromatic heterocycles. The van der Waals surface area contributed by atoms with Gasteiger partial charge in [-0.25, -0.2) is 4.79 Å². The van der Waals surface area contributed by atoms with Gasteiger partial charge in [0.05, 0.1) is 12.0 Å². The number of ether oxygens (including phenoxy) is 1. The molecule has 67 valence electrons. The Morgan fingerprint density at radius 1 is 1.69 bits per heavy atom. The third-order valence-corrected chi connectivity index (χ3v) is 1.44. The van der Waals surface area contributed by atoms with Crippen LogP contribution >= 0.6 is 0 Å². The zero-order valence-electron chi connectivity index (χ0n) is 6.81. The summed E-state index contributed by atoms with van der Waals surface area (Å²) < 4.78 is 4.36. The Hall–Kier alpha value is -1.91. The van der Waals surface area contributed by atoms with Gasteiger partial charge in [-0.3, -0.25) is 10.1 Å². The highest BCUT2D eigenvalue weighted by Gasteiger charge is 2.19. The van der Waals surface area contributed by atoms with Gasteiger partial charge in [0, 0.05) is 6.07 Å². The number of hydrogen-bond donors (Lipinski definition) is 0. The molecule has 0 aliphatic carbocycles. The minimum Gasteiger partial charge on any atom is -0.465 e. The summed E-state index contributed by atoms with van der Waals surface area (Å²) >= 11 is 0. The van der Waals surface area contributed by atoms with E-state index >= 15 is 0 Å². The van der Waals surface area contributed by atoms with Gasteiger partial charge in [-0.15, -0.1) is 0 Å². The van der Waals surface area contributed by atoms with Crippen molar-refractivity contribution < 1.29 is 14.5 Å². The van der Waals surface area contributed by atoms with E-state index in [9.17, 15) is 14.9 Å². The molecule has 0 spiro atoms. The third kappa shape index (κ3) is 1.81. The molecule has 0 atom stereocenters. The first-order valence-corrected chi connectivity index (χ1v) is 3.39. The molecule has 0 saturated heterocycles. The number of nitrogens with zero attached hydrogens (tertiary/aromatic N) is 1. The maximum absolute atomic E-state index is 11.0. The molecule has 1 radical (unpaired) electrons. The molecule has 0 heterocycles. The fourth-order valence-electron chi connectivity index (χ4n) is 0.855. The zero-order valence-corrected chi connectivity index (χ0v) is 6.81. The van der Waals surface area contributed by atoms with Crippen LogP contribution in [0.5, 0.6) is 0 Å². The first kappa shape index (κ1) is 9.18.